The van der Waals surface area contributed by atoms with Crippen molar-refractivity contribution in [3.63, 3.8) is 0 Å². The second kappa shape index (κ2) is 9.21. The Morgan fingerprint density at radius 3 is 2.75 bits per heavy atom. The van der Waals surface area contributed by atoms with Crippen molar-refractivity contribution in [3.05, 3.63) is 99.4 Å². The summed E-state index contributed by atoms with van der Waals surface area (Å²) in [4.78, 5) is 26.6. The first kappa shape index (κ1) is 23.0. The van der Waals surface area contributed by atoms with Gasteiger partial charge in [-0.05, 0) is 67.3 Å². The number of carbonyl (C=O) groups excluding carboxylic acids is 1. The van der Waals surface area contributed by atoms with Crippen LogP contribution in [-0.2, 0) is 30.8 Å². The number of hydrogen-bond donors (Lipinski definition) is 0. The fraction of sp³-hybridized carbons (Fsp3) is 0.345. The molecule has 1 saturated heterocycles. The Morgan fingerprint density at radius 1 is 1.06 bits per heavy atom. The number of piperidine rings is 1. The summed E-state index contributed by atoms with van der Waals surface area (Å²) in [5.74, 6) is -0.942. The van der Waals surface area contributed by atoms with Crippen LogP contribution in [0.15, 0.2) is 53.7 Å². The topological polar surface area (TPSA) is 48.8 Å². The lowest BCUT2D eigenvalue weighted by atomic mass is 9.90. The van der Waals surface area contributed by atoms with Gasteiger partial charge < -0.3 is 4.90 Å². The fourth-order valence-corrected chi connectivity index (χ4v) is 5.70. The van der Waals surface area contributed by atoms with Gasteiger partial charge in [-0.3, -0.25) is 19.7 Å². The fourth-order valence-electron chi connectivity index (χ4n) is 5.70. The van der Waals surface area contributed by atoms with Crippen molar-refractivity contribution < 1.29 is 13.6 Å². The maximum Gasteiger partial charge on any atom is 0.227 e. The van der Waals surface area contributed by atoms with E-state index >= 15 is 0 Å². The molecule has 0 N–H and O–H groups in total. The van der Waals surface area contributed by atoms with E-state index in [9.17, 15) is 13.6 Å². The highest BCUT2D eigenvalue weighted by Crippen LogP contribution is 2.32. The van der Waals surface area contributed by atoms with Crippen LogP contribution in [0, 0.1) is 18.6 Å². The third-order valence-corrected chi connectivity index (χ3v) is 7.61. The molecule has 0 aliphatic carbocycles. The molecule has 0 saturated carbocycles. The second-order valence-electron chi connectivity index (χ2n) is 10.1. The number of benzene rings is 2. The minimum absolute atomic E-state index is 0.0746. The quantitative estimate of drug-likeness (QED) is 0.543. The van der Waals surface area contributed by atoms with Crippen LogP contribution in [0.4, 0.5) is 8.78 Å². The molecule has 2 aromatic carbocycles. The monoisotopic (exact) mass is 486 g/mol. The minimum Gasteiger partial charge on any atom is -0.334 e. The highest BCUT2D eigenvalue weighted by atomic mass is 19.1. The van der Waals surface area contributed by atoms with Crippen LogP contribution in [0.5, 0.6) is 0 Å². The first-order valence-electron chi connectivity index (χ1n) is 12.5. The summed E-state index contributed by atoms with van der Waals surface area (Å²) in [7, 11) is 0. The molecule has 1 atom stereocenters. The van der Waals surface area contributed by atoms with E-state index in [0.717, 1.165) is 59.1 Å². The predicted molar refractivity (Wildman–Crippen MR) is 134 cm³/mol. The molecule has 0 unspecified atom stereocenters. The number of rotatable bonds is 4. The van der Waals surface area contributed by atoms with Gasteiger partial charge in [-0.15, -0.1) is 0 Å². The molecule has 6 rings (SSSR count). The maximum absolute atomic E-state index is 14.2. The van der Waals surface area contributed by atoms with Gasteiger partial charge in [-0.25, -0.2) is 8.78 Å². The van der Waals surface area contributed by atoms with Gasteiger partial charge in [-0.2, -0.15) is 0 Å². The summed E-state index contributed by atoms with van der Waals surface area (Å²) in [6.45, 7) is 5.11. The molecule has 0 radical (unpaired) electrons. The normalized spacial score (nSPS) is 19.8. The van der Waals surface area contributed by atoms with Crippen LogP contribution in [0.3, 0.4) is 0 Å². The number of nitrogens with zero attached hydrogens (tertiary/aromatic N) is 4. The van der Waals surface area contributed by atoms with E-state index in [2.05, 4.69) is 28.1 Å². The molecular formula is C29H28F2N4O. The van der Waals surface area contributed by atoms with Gasteiger partial charge in [-0.1, -0.05) is 12.1 Å². The predicted octanol–water partition coefficient (Wildman–Crippen LogP) is 4.57. The molecule has 3 aliphatic rings. The Hall–Kier alpha value is -3.45. The van der Waals surface area contributed by atoms with Gasteiger partial charge >= 0.3 is 0 Å². The van der Waals surface area contributed by atoms with Crippen molar-refractivity contribution in [3.8, 4) is 0 Å². The number of pyridine rings is 1. The number of amides is 1. The molecule has 1 amide bonds. The molecule has 36 heavy (non-hydrogen) atoms. The van der Waals surface area contributed by atoms with Crippen molar-refractivity contribution in [1.82, 2.24) is 14.8 Å². The summed E-state index contributed by atoms with van der Waals surface area (Å²) in [5.41, 5.74) is 8.00. The Bertz CT molecular complexity index is 1370. The Morgan fingerprint density at radius 2 is 1.94 bits per heavy atom. The average Bonchev–Trinajstić information content (AvgIpc) is 3.27. The van der Waals surface area contributed by atoms with Gasteiger partial charge in [0.25, 0.3) is 0 Å². The third-order valence-electron chi connectivity index (χ3n) is 7.61. The lowest BCUT2D eigenvalue weighted by Crippen LogP contribution is -2.51. The first-order valence-corrected chi connectivity index (χ1v) is 12.5. The van der Waals surface area contributed by atoms with Crippen molar-refractivity contribution in [2.75, 3.05) is 13.1 Å². The van der Waals surface area contributed by atoms with Crippen LogP contribution in [0.1, 0.15) is 51.9 Å². The molecule has 7 heteroatoms. The number of aliphatic imine (C=N–C) groups is 1. The lowest BCUT2D eigenvalue weighted by molar-refractivity contribution is -0.135. The van der Waals surface area contributed by atoms with Crippen molar-refractivity contribution >= 4 is 11.6 Å². The van der Waals surface area contributed by atoms with E-state index in [0.29, 0.717) is 38.2 Å². The lowest BCUT2D eigenvalue weighted by Gasteiger charge is -2.41. The van der Waals surface area contributed by atoms with Crippen molar-refractivity contribution in [1.29, 1.82) is 0 Å². The molecule has 0 spiro atoms. The highest BCUT2D eigenvalue weighted by molar-refractivity contribution is 6.15. The van der Waals surface area contributed by atoms with E-state index in [1.807, 2.05) is 24.1 Å². The molecule has 5 nitrogen and oxygen atoms in total. The third kappa shape index (κ3) is 4.32. The van der Waals surface area contributed by atoms with E-state index in [4.69, 9.17) is 4.99 Å². The van der Waals surface area contributed by atoms with Gasteiger partial charge in [0.1, 0.15) is 11.6 Å². The summed E-state index contributed by atoms with van der Waals surface area (Å²) in [5, 5.41) is 0. The number of halogens is 2. The summed E-state index contributed by atoms with van der Waals surface area (Å²) in [6.07, 6.45) is 4.13. The van der Waals surface area contributed by atoms with Crippen molar-refractivity contribution in [2.45, 2.75) is 51.9 Å². The number of likely N-dealkylation sites (tertiary alicyclic amines) is 1. The summed E-state index contributed by atoms with van der Waals surface area (Å²) >= 11 is 0. The molecule has 1 aromatic heterocycles. The van der Waals surface area contributed by atoms with Gasteiger partial charge in [0, 0.05) is 60.3 Å². The number of aromatic nitrogens is 1. The zero-order valence-corrected chi connectivity index (χ0v) is 20.3. The van der Waals surface area contributed by atoms with E-state index in [1.54, 1.807) is 0 Å². The molecule has 4 heterocycles. The SMILES string of the molecule is Cc1ccc(C2=NCc3cc4c(cc32)CN([C@@H]2CCCN(Cc3ccc(F)cc3F)C2)C(=O)C4)cn1. The smallest absolute Gasteiger partial charge is 0.227 e. The second-order valence-corrected chi connectivity index (χ2v) is 10.1. The molecule has 184 valence electrons. The number of carbonyl (C=O) groups is 1. The summed E-state index contributed by atoms with van der Waals surface area (Å²) < 4.78 is 27.5. The van der Waals surface area contributed by atoms with Gasteiger partial charge in [0.2, 0.25) is 5.91 Å². The Balaban J connectivity index is 1.21. The van der Waals surface area contributed by atoms with Crippen LogP contribution < -0.4 is 0 Å². The van der Waals surface area contributed by atoms with Crippen LogP contribution in [0.2, 0.25) is 0 Å². The Kier molecular flexibility index (Phi) is 5.88. The van der Waals surface area contributed by atoms with Crippen LogP contribution in [0.25, 0.3) is 0 Å². The number of fused-ring (bicyclic) bond motifs is 2. The van der Waals surface area contributed by atoms with E-state index < -0.39 is 11.6 Å². The average molecular weight is 487 g/mol. The van der Waals surface area contributed by atoms with Crippen molar-refractivity contribution in [2.24, 2.45) is 4.99 Å². The maximum atomic E-state index is 14.2. The minimum atomic E-state index is -0.566. The number of aryl methyl sites for hydroxylation is 1. The highest BCUT2D eigenvalue weighted by Gasteiger charge is 2.33. The molecule has 3 aliphatic heterocycles. The standard InChI is InChI=1S/C29H28F2N4O/c1-18-4-5-19(13-32-18)29-26-10-23-16-35(28(36)11-21(23)9-22(26)14-33-29)25-3-2-8-34(17-25)15-20-6-7-24(30)12-27(20)31/h4-7,9-10,12-13,25H,2-3,8,11,14-17H2,1H3/t25-/m1/s1. The zero-order chi connectivity index (χ0) is 24.8. The van der Waals surface area contributed by atoms with Crippen LogP contribution in [-0.4, -0.2) is 45.5 Å². The molecule has 0 bridgehead atoms. The van der Waals surface area contributed by atoms with Gasteiger partial charge in [0.15, 0.2) is 0 Å². The summed E-state index contributed by atoms with van der Waals surface area (Å²) in [6, 6.07) is 12.3. The molecule has 3 aromatic rings. The van der Waals surface area contributed by atoms with E-state index in [-0.39, 0.29) is 11.9 Å². The zero-order valence-electron chi connectivity index (χ0n) is 20.3. The molecular weight excluding hydrogens is 458 g/mol. The Labute approximate surface area is 209 Å². The largest absolute Gasteiger partial charge is 0.334 e. The van der Waals surface area contributed by atoms with Crippen LogP contribution >= 0.6 is 0 Å². The first-order chi connectivity index (χ1) is 17.4. The number of hydrogen-bond acceptors (Lipinski definition) is 4. The van der Waals surface area contributed by atoms with E-state index in [1.165, 1.54) is 17.7 Å². The molecule has 1 fully saturated rings. The van der Waals surface area contributed by atoms with Gasteiger partial charge in [0.05, 0.1) is 18.7 Å².